The summed E-state index contributed by atoms with van der Waals surface area (Å²) in [7, 11) is 0. The Morgan fingerprint density at radius 3 is 2.72 bits per heavy atom. The monoisotopic (exact) mass is 446 g/mol. The number of nitrogens with zero attached hydrogens (tertiary/aromatic N) is 2. The fourth-order valence-corrected chi connectivity index (χ4v) is 2.98. The predicted octanol–water partition coefficient (Wildman–Crippen LogP) is 4.27. The van der Waals surface area contributed by atoms with Gasteiger partial charge in [0.1, 0.15) is 5.75 Å². The van der Waals surface area contributed by atoms with Gasteiger partial charge in [-0.25, -0.2) is 0 Å². The average Bonchev–Trinajstić information content (AvgIpc) is 3.50. The van der Waals surface area contributed by atoms with Crippen LogP contribution in [0.1, 0.15) is 24.0 Å². The van der Waals surface area contributed by atoms with E-state index in [0.29, 0.717) is 18.2 Å². The van der Waals surface area contributed by atoms with Crippen LogP contribution in [0.15, 0.2) is 52.9 Å². The molecule has 0 atom stereocenters. The lowest BCUT2D eigenvalue weighted by Gasteiger charge is -2.11. The molecule has 3 aromatic rings. The third-order valence-corrected chi connectivity index (χ3v) is 4.91. The Bertz CT molecular complexity index is 1080. The van der Waals surface area contributed by atoms with Gasteiger partial charge in [-0.15, -0.1) is 5.10 Å². The van der Waals surface area contributed by atoms with Gasteiger partial charge in [-0.05, 0) is 43.0 Å². The van der Waals surface area contributed by atoms with Gasteiger partial charge in [-0.1, -0.05) is 29.4 Å². The molecule has 0 saturated heterocycles. The molecule has 0 unspecified atom stereocenters. The van der Waals surface area contributed by atoms with Crippen molar-refractivity contribution in [2.75, 3.05) is 18.5 Å². The Hall–Kier alpha value is -3.56. The molecule has 1 aliphatic carbocycles. The van der Waals surface area contributed by atoms with Crippen molar-refractivity contribution in [1.29, 1.82) is 0 Å². The van der Waals surface area contributed by atoms with Crippen molar-refractivity contribution in [2.24, 2.45) is 5.92 Å². The highest BCUT2D eigenvalue weighted by Crippen LogP contribution is 2.32. The second kappa shape index (κ2) is 9.29. The molecule has 0 aliphatic heterocycles. The molecule has 1 aliphatic rings. The van der Waals surface area contributed by atoms with Crippen molar-refractivity contribution in [1.82, 2.24) is 15.5 Å². The van der Waals surface area contributed by atoms with E-state index in [1.165, 1.54) is 12.1 Å². The average molecular weight is 446 g/mol. The van der Waals surface area contributed by atoms with E-state index >= 15 is 0 Å². The molecule has 1 aromatic heterocycles. The summed E-state index contributed by atoms with van der Waals surface area (Å²) in [5, 5.41) is 13.4. The molecule has 32 heavy (non-hydrogen) atoms. The second-order valence-corrected chi connectivity index (χ2v) is 7.49. The number of aromatic nitrogens is 2. The number of amides is 1. The summed E-state index contributed by atoms with van der Waals surface area (Å²) in [6.45, 7) is 0.838. The van der Waals surface area contributed by atoms with E-state index < -0.39 is 11.7 Å². The maximum absolute atomic E-state index is 12.9. The Balaban J connectivity index is 1.35. The first-order valence-electron chi connectivity index (χ1n) is 10.1. The smallest absolute Gasteiger partial charge is 0.416 e. The number of halogens is 3. The van der Waals surface area contributed by atoms with Crippen molar-refractivity contribution >= 4 is 11.9 Å². The maximum Gasteiger partial charge on any atom is 0.416 e. The van der Waals surface area contributed by atoms with E-state index in [-0.39, 0.29) is 36.5 Å². The third-order valence-electron chi connectivity index (χ3n) is 4.91. The van der Waals surface area contributed by atoms with E-state index in [2.05, 4.69) is 20.8 Å². The van der Waals surface area contributed by atoms with E-state index in [4.69, 9.17) is 9.15 Å². The molecule has 7 nitrogen and oxygen atoms in total. The summed E-state index contributed by atoms with van der Waals surface area (Å²) in [5.74, 6) is 0.905. The van der Waals surface area contributed by atoms with Crippen LogP contribution in [0.2, 0.25) is 0 Å². The molecule has 1 amide bonds. The predicted molar refractivity (Wildman–Crippen MR) is 110 cm³/mol. The molecule has 10 heteroatoms. The topological polar surface area (TPSA) is 89.3 Å². The Morgan fingerprint density at radius 1 is 1.12 bits per heavy atom. The molecule has 1 fully saturated rings. The molecule has 0 spiro atoms. The lowest BCUT2D eigenvalue weighted by atomic mass is 10.1. The highest BCUT2D eigenvalue weighted by atomic mass is 19.4. The Morgan fingerprint density at radius 2 is 1.94 bits per heavy atom. The van der Waals surface area contributed by atoms with Crippen LogP contribution in [-0.2, 0) is 17.5 Å². The minimum absolute atomic E-state index is 0.0320. The number of alkyl halides is 3. The van der Waals surface area contributed by atoms with Crippen LogP contribution in [0.3, 0.4) is 0 Å². The second-order valence-electron chi connectivity index (χ2n) is 7.49. The molecule has 2 N–H and O–H groups in total. The summed E-state index contributed by atoms with van der Waals surface area (Å²) in [6, 6.07) is 11.9. The fourth-order valence-electron chi connectivity index (χ4n) is 2.98. The van der Waals surface area contributed by atoms with E-state index in [9.17, 15) is 18.0 Å². The molecule has 4 rings (SSSR count). The van der Waals surface area contributed by atoms with E-state index in [0.717, 1.165) is 30.5 Å². The first kappa shape index (κ1) is 21.7. The summed E-state index contributed by atoms with van der Waals surface area (Å²) < 4.78 is 49.8. The van der Waals surface area contributed by atoms with Gasteiger partial charge in [-0.2, -0.15) is 13.2 Å². The van der Waals surface area contributed by atoms with Gasteiger partial charge in [0.2, 0.25) is 5.89 Å². The van der Waals surface area contributed by atoms with Crippen molar-refractivity contribution in [2.45, 2.75) is 25.6 Å². The fraction of sp³-hybridized carbons (Fsp3) is 0.318. The highest BCUT2D eigenvalue weighted by Gasteiger charge is 2.30. The normalized spacial score (nSPS) is 13.6. The number of carbonyl (C=O) groups excluding carboxylic acids is 1. The first-order chi connectivity index (χ1) is 15.4. The van der Waals surface area contributed by atoms with Crippen LogP contribution in [-0.4, -0.2) is 29.3 Å². The summed E-state index contributed by atoms with van der Waals surface area (Å²) in [5.41, 5.74) is 0.123. The molecular weight excluding hydrogens is 425 g/mol. The summed E-state index contributed by atoms with van der Waals surface area (Å²) >= 11 is 0. The lowest BCUT2D eigenvalue weighted by molar-refractivity contribution is -0.137. The zero-order valence-corrected chi connectivity index (χ0v) is 17.0. The van der Waals surface area contributed by atoms with Gasteiger partial charge < -0.3 is 19.8 Å². The van der Waals surface area contributed by atoms with Crippen molar-refractivity contribution in [3.8, 4) is 17.2 Å². The number of ether oxygens (including phenoxy) is 1. The summed E-state index contributed by atoms with van der Waals surface area (Å²) in [6.07, 6.45) is -2.16. The highest BCUT2D eigenvalue weighted by molar-refractivity contribution is 5.77. The third kappa shape index (κ3) is 5.77. The standard InChI is InChI=1S/C22H21F3N4O3/c23-22(24,25)17-6-3-5-15(10-17)20-28-29-21(32-20)27-12-16-4-1-2-7-18(16)31-13-19(30)26-11-14-8-9-14/h1-7,10,14H,8-9,11-13H2,(H,26,30)(H,27,29). The number of para-hydroxylation sites is 1. The summed E-state index contributed by atoms with van der Waals surface area (Å²) in [4.78, 5) is 11.9. The number of nitrogens with one attached hydrogen (secondary N) is 2. The van der Waals surface area contributed by atoms with Crippen LogP contribution in [0, 0.1) is 5.92 Å². The number of hydrogen-bond acceptors (Lipinski definition) is 6. The van der Waals surface area contributed by atoms with Crippen molar-refractivity contribution < 1.29 is 27.1 Å². The minimum atomic E-state index is -4.46. The minimum Gasteiger partial charge on any atom is -0.483 e. The molecular formula is C22H21F3N4O3. The number of hydrogen-bond donors (Lipinski definition) is 2. The van der Waals surface area contributed by atoms with Crippen LogP contribution in [0.25, 0.3) is 11.5 Å². The zero-order valence-electron chi connectivity index (χ0n) is 17.0. The number of benzene rings is 2. The van der Waals surface area contributed by atoms with Gasteiger partial charge in [-0.3, -0.25) is 4.79 Å². The van der Waals surface area contributed by atoms with Gasteiger partial charge >= 0.3 is 12.2 Å². The van der Waals surface area contributed by atoms with Crippen LogP contribution < -0.4 is 15.4 Å². The van der Waals surface area contributed by atoms with Crippen LogP contribution in [0.5, 0.6) is 5.75 Å². The van der Waals surface area contributed by atoms with Crippen molar-refractivity contribution in [3.05, 3.63) is 59.7 Å². The number of anilines is 1. The van der Waals surface area contributed by atoms with Gasteiger partial charge in [0.15, 0.2) is 6.61 Å². The van der Waals surface area contributed by atoms with Crippen LogP contribution in [0.4, 0.5) is 19.2 Å². The maximum atomic E-state index is 12.9. The Labute approximate surface area is 182 Å². The molecule has 1 saturated carbocycles. The first-order valence-corrected chi connectivity index (χ1v) is 10.1. The SMILES string of the molecule is O=C(COc1ccccc1CNc1nnc(-c2cccc(C(F)(F)F)c2)o1)NCC1CC1. The number of carbonyl (C=O) groups is 1. The zero-order chi connectivity index (χ0) is 22.6. The molecule has 0 radical (unpaired) electrons. The molecule has 168 valence electrons. The van der Waals surface area contributed by atoms with Crippen molar-refractivity contribution in [3.63, 3.8) is 0 Å². The Kier molecular flexibility index (Phi) is 6.29. The van der Waals surface area contributed by atoms with Crippen LogP contribution >= 0.6 is 0 Å². The molecule has 2 aromatic carbocycles. The number of rotatable bonds is 9. The van der Waals surface area contributed by atoms with E-state index in [1.807, 2.05) is 12.1 Å². The van der Waals surface area contributed by atoms with Gasteiger partial charge in [0.05, 0.1) is 5.56 Å². The molecule has 0 bridgehead atoms. The van der Waals surface area contributed by atoms with Gasteiger partial charge in [0.25, 0.3) is 5.91 Å². The van der Waals surface area contributed by atoms with Gasteiger partial charge in [0, 0.05) is 24.2 Å². The molecule has 1 heterocycles. The lowest BCUT2D eigenvalue weighted by Crippen LogP contribution is -2.30. The largest absolute Gasteiger partial charge is 0.483 e. The van der Waals surface area contributed by atoms with E-state index in [1.54, 1.807) is 12.1 Å². The quantitative estimate of drug-likeness (QED) is 0.510.